The quantitative estimate of drug-likeness (QED) is 0.643. The fourth-order valence-electron chi connectivity index (χ4n) is 3.06. The average Bonchev–Trinajstić information content (AvgIpc) is 2.70. The van der Waals surface area contributed by atoms with Crippen molar-refractivity contribution < 1.29 is 13.5 Å². The van der Waals surface area contributed by atoms with Gasteiger partial charge in [0.15, 0.2) is 5.96 Å². The molecule has 0 atom stereocenters. The van der Waals surface area contributed by atoms with Gasteiger partial charge < -0.3 is 19.9 Å². The molecule has 8 heteroatoms. The Kier molecular flexibility index (Phi) is 6.40. The van der Waals surface area contributed by atoms with Crippen molar-refractivity contribution in [3.63, 3.8) is 0 Å². The Balaban J connectivity index is 1.56. The molecule has 1 N–H and O–H groups in total. The van der Waals surface area contributed by atoms with Crippen LogP contribution in [0.4, 0.5) is 14.6 Å². The van der Waals surface area contributed by atoms with Crippen molar-refractivity contribution in [2.45, 2.75) is 13.2 Å². The lowest BCUT2D eigenvalue weighted by molar-refractivity contribution is -0.0504. The van der Waals surface area contributed by atoms with E-state index in [1.807, 2.05) is 18.2 Å². The Hall–Kier alpha value is -2.90. The number of ether oxygens (including phenoxy) is 1. The van der Waals surface area contributed by atoms with Crippen LogP contribution in [0.3, 0.4) is 0 Å². The average molecular weight is 375 g/mol. The van der Waals surface area contributed by atoms with Crippen molar-refractivity contribution in [2.75, 3.05) is 38.1 Å². The minimum Gasteiger partial charge on any atom is -0.434 e. The first-order valence-electron chi connectivity index (χ1n) is 8.81. The first-order valence-corrected chi connectivity index (χ1v) is 8.81. The van der Waals surface area contributed by atoms with E-state index in [0.717, 1.165) is 38.0 Å². The minimum absolute atomic E-state index is 0.176. The van der Waals surface area contributed by atoms with E-state index in [-0.39, 0.29) is 5.75 Å². The van der Waals surface area contributed by atoms with Gasteiger partial charge in [0.1, 0.15) is 11.6 Å². The summed E-state index contributed by atoms with van der Waals surface area (Å²) in [6.45, 7) is 0.781. The third-order valence-electron chi connectivity index (χ3n) is 4.39. The molecule has 6 nitrogen and oxygen atoms in total. The number of halogens is 2. The van der Waals surface area contributed by atoms with E-state index in [1.165, 1.54) is 6.07 Å². The van der Waals surface area contributed by atoms with Crippen molar-refractivity contribution in [1.29, 1.82) is 0 Å². The second kappa shape index (κ2) is 9.16. The van der Waals surface area contributed by atoms with Crippen LogP contribution in [0.15, 0.2) is 53.7 Å². The summed E-state index contributed by atoms with van der Waals surface area (Å²) in [6, 6.07) is 12.7. The predicted molar refractivity (Wildman–Crippen MR) is 101 cm³/mol. The van der Waals surface area contributed by atoms with E-state index in [0.29, 0.717) is 12.1 Å². The molecule has 27 heavy (non-hydrogen) atoms. The first-order chi connectivity index (χ1) is 13.2. The lowest BCUT2D eigenvalue weighted by atomic mass is 10.2. The molecule has 1 aliphatic heterocycles. The van der Waals surface area contributed by atoms with Crippen LogP contribution in [-0.2, 0) is 6.54 Å². The molecular formula is C19H23F2N5O. The number of anilines is 1. The van der Waals surface area contributed by atoms with Crippen molar-refractivity contribution >= 4 is 11.8 Å². The molecule has 1 aromatic carbocycles. The van der Waals surface area contributed by atoms with Crippen LogP contribution in [0, 0.1) is 0 Å². The van der Waals surface area contributed by atoms with Crippen LogP contribution >= 0.6 is 0 Å². The van der Waals surface area contributed by atoms with Gasteiger partial charge in [-0.1, -0.05) is 24.3 Å². The number of piperazine rings is 1. The number of pyridine rings is 1. The van der Waals surface area contributed by atoms with Crippen LogP contribution in [0.1, 0.15) is 5.56 Å². The maximum absolute atomic E-state index is 12.5. The molecule has 0 radical (unpaired) electrons. The number of aromatic nitrogens is 1. The van der Waals surface area contributed by atoms with Gasteiger partial charge in [0, 0.05) is 51.5 Å². The fourth-order valence-corrected chi connectivity index (χ4v) is 3.06. The zero-order chi connectivity index (χ0) is 19.1. The molecule has 0 amide bonds. The van der Waals surface area contributed by atoms with Gasteiger partial charge in [-0.15, -0.1) is 0 Å². The van der Waals surface area contributed by atoms with Gasteiger partial charge in [0.2, 0.25) is 0 Å². The second-order valence-electron chi connectivity index (χ2n) is 6.05. The van der Waals surface area contributed by atoms with Gasteiger partial charge in [0.25, 0.3) is 0 Å². The molecule has 1 fully saturated rings. The molecule has 3 rings (SSSR count). The topological polar surface area (TPSA) is 53.0 Å². The van der Waals surface area contributed by atoms with E-state index < -0.39 is 6.61 Å². The summed E-state index contributed by atoms with van der Waals surface area (Å²) in [5.74, 6) is 1.89. The van der Waals surface area contributed by atoms with Crippen LogP contribution in [0.5, 0.6) is 5.75 Å². The summed E-state index contributed by atoms with van der Waals surface area (Å²) in [4.78, 5) is 13.1. The van der Waals surface area contributed by atoms with Gasteiger partial charge in [-0.2, -0.15) is 8.78 Å². The Morgan fingerprint density at radius 1 is 1.15 bits per heavy atom. The van der Waals surface area contributed by atoms with E-state index >= 15 is 0 Å². The Bertz CT molecular complexity index is 749. The molecule has 2 heterocycles. The summed E-state index contributed by atoms with van der Waals surface area (Å²) in [6.07, 6.45) is 1.79. The number of benzene rings is 1. The Morgan fingerprint density at radius 2 is 1.89 bits per heavy atom. The normalized spacial score (nSPS) is 15.2. The van der Waals surface area contributed by atoms with Gasteiger partial charge in [-0.05, 0) is 18.2 Å². The van der Waals surface area contributed by atoms with Crippen molar-refractivity contribution in [1.82, 2.24) is 15.2 Å². The van der Waals surface area contributed by atoms with E-state index in [1.54, 1.807) is 31.4 Å². The summed E-state index contributed by atoms with van der Waals surface area (Å²) in [5.41, 5.74) is 0.658. The SMILES string of the molecule is CN=C(NCc1ccccc1OC(F)F)N1CCN(c2ccccn2)CC1. The highest BCUT2D eigenvalue weighted by atomic mass is 19.3. The van der Waals surface area contributed by atoms with Gasteiger partial charge >= 0.3 is 6.61 Å². The molecule has 0 aliphatic carbocycles. The largest absolute Gasteiger partial charge is 0.434 e. The third-order valence-corrected chi connectivity index (χ3v) is 4.39. The number of hydrogen-bond donors (Lipinski definition) is 1. The molecule has 0 unspecified atom stereocenters. The van der Waals surface area contributed by atoms with Gasteiger partial charge in [-0.3, -0.25) is 4.99 Å². The van der Waals surface area contributed by atoms with E-state index in [4.69, 9.17) is 0 Å². The fraction of sp³-hybridized carbons (Fsp3) is 0.368. The number of aliphatic imine (C=N–C) groups is 1. The third kappa shape index (κ3) is 5.06. The predicted octanol–water partition coefficient (Wildman–Crippen LogP) is 2.58. The monoisotopic (exact) mass is 375 g/mol. The van der Waals surface area contributed by atoms with Crippen molar-refractivity contribution in [3.8, 4) is 5.75 Å². The Labute approximate surface area is 157 Å². The zero-order valence-corrected chi connectivity index (χ0v) is 15.2. The number of guanidine groups is 1. The van der Waals surface area contributed by atoms with E-state index in [2.05, 4.69) is 29.8 Å². The lowest BCUT2D eigenvalue weighted by Gasteiger charge is -2.37. The highest BCUT2D eigenvalue weighted by Crippen LogP contribution is 2.20. The Morgan fingerprint density at radius 3 is 2.56 bits per heavy atom. The molecular weight excluding hydrogens is 352 g/mol. The maximum Gasteiger partial charge on any atom is 0.387 e. The summed E-state index contributed by atoms with van der Waals surface area (Å²) < 4.78 is 29.7. The molecule has 0 spiro atoms. The summed E-state index contributed by atoms with van der Waals surface area (Å²) >= 11 is 0. The zero-order valence-electron chi connectivity index (χ0n) is 15.2. The molecule has 144 valence electrons. The molecule has 0 bridgehead atoms. The van der Waals surface area contributed by atoms with Crippen molar-refractivity contribution in [3.05, 3.63) is 54.2 Å². The molecule has 0 saturated carbocycles. The molecule has 1 aromatic heterocycles. The highest BCUT2D eigenvalue weighted by molar-refractivity contribution is 5.80. The standard InChI is InChI=1S/C19H23F2N5O/c1-22-19(24-14-15-6-2-3-7-16(15)27-18(20)21)26-12-10-25(11-13-26)17-8-4-5-9-23-17/h2-9,18H,10-14H2,1H3,(H,22,24). The molecule has 1 saturated heterocycles. The van der Waals surface area contributed by atoms with E-state index in [9.17, 15) is 8.78 Å². The van der Waals surface area contributed by atoms with Crippen LogP contribution < -0.4 is 15.0 Å². The number of nitrogens with one attached hydrogen (secondary N) is 1. The molecule has 1 aliphatic rings. The van der Waals surface area contributed by atoms with Gasteiger partial charge in [0.05, 0.1) is 0 Å². The number of nitrogens with zero attached hydrogens (tertiary/aromatic N) is 4. The number of para-hydroxylation sites is 1. The van der Waals surface area contributed by atoms with Crippen LogP contribution in [0.25, 0.3) is 0 Å². The van der Waals surface area contributed by atoms with Crippen LogP contribution in [0.2, 0.25) is 0 Å². The summed E-state index contributed by atoms with van der Waals surface area (Å²) in [5, 5.41) is 3.24. The van der Waals surface area contributed by atoms with Gasteiger partial charge in [-0.25, -0.2) is 4.98 Å². The van der Waals surface area contributed by atoms with Crippen LogP contribution in [-0.4, -0.2) is 55.7 Å². The summed E-state index contributed by atoms with van der Waals surface area (Å²) in [7, 11) is 1.72. The number of alkyl halides is 2. The molecule has 2 aromatic rings. The second-order valence-corrected chi connectivity index (χ2v) is 6.05. The number of rotatable bonds is 5. The van der Waals surface area contributed by atoms with Crippen molar-refractivity contribution in [2.24, 2.45) is 4.99 Å². The smallest absolute Gasteiger partial charge is 0.387 e. The maximum atomic E-state index is 12.5. The first kappa shape index (κ1) is 18.9. The minimum atomic E-state index is -2.84. The highest BCUT2D eigenvalue weighted by Gasteiger charge is 2.20. The number of hydrogen-bond acceptors (Lipinski definition) is 4. The lowest BCUT2D eigenvalue weighted by Crippen LogP contribution is -2.52.